The van der Waals surface area contributed by atoms with E-state index in [0.29, 0.717) is 0 Å². The second-order valence-electron chi connectivity index (χ2n) is 8.62. The van der Waals surface area contributed by atoms with Crippen LogP contribution in [0.4, 0.5) is 0 Å². The summed E-state index contributed by atoms with van der Waals surface area (Å²) in [7, 11) is 0. The monoisotopic (exact) mass is 427 g/mol. The number of para-hydroxylation sites is 1. The molecule has 7 rings (SSSR count). The average molecular weight is 428 g/mol. The van der Waals surface area contributed by atoms with Gasteiger partial charge < -0.3 is 4.98 Å². The van der Waals surface area contributed by atoms with Gasteiger partial charge in [0.1, 0.15) is 0 Å². The molecule has 0 amide bonds. The zero-order valence-corrected chi connectivity index (χ0v) is 18.4. The van der Waals surface area contributed by atoms with Gasteiger partial charge in [0.15, 0.2) is 0 Å². The van der Waals surface area contributed by atoms with Gasteiger partial charge in [-0.1, -0.05) is 60.7 Å². The van der Waals surface area contributed by atoms with Crippen molar-refractivity contribution >= 4 is 64.5 Å². The molecule has 0 atom stereocenters. The topological polar surface area (TPSA) is 15.8 Å². The highest BCUT2D eigenvalue weighted by Gasteiger charge is 2.13. The maximum absolute atomic E-state index is 3.53. The quantitative estimate of drug-likeness (QED) is 0.284. The first kappa shape index (κ1) is 18.0. The predicted molar refractivity (Wildman–Crippen MR) is 140 cm³/mol. The second-order valence-corrected chi connectivity index (χ2v) is 9.71. The van der Waals surface area contributed by atoms with E-state index in [1.807, 2.05) is 11.3 Å². The molecule has 0 bridgehead atoms. The minimum Gasteiger partial charge on any atom is -0.355 e. The average Bonchev–Trinajstić information content (AvgIpc) is 3.41. The Hall–Kier alpha value is -3.62. The van der Waals surface area contributed by atoms with E-state index in [4.69, 9.17) is 0 Å². The summed E-state index contributed by atoms with van der Waals surface area (Å²) < 4.78 is 2.74. The number of fused-ring (bicyclic) bond motifs is 6. The van der Waals surface area contributed by atoms with Crippen molar-refractivity contribution in [3.63, 3.8) is 0 Å². The summed E-state index contributed by atoms with van der Waals surface area (Å²) in [6, 6.07) is 31.1. The standard InChI is InChI=1S/C30H21NS/c1-3-7-27-23(5-1)25-17-21(13-15-28(25)31-27)19-9-11-20(12-10-19)22-14-16-30-26(18-22)24-6-2-4-8-29(24)32-30/h1-9,11,13-18,31H,10,12H2. The molecular weight excluding hydrogens is 406 g/mol. The van der Waals surface area contributed by atoms with Gasteiger partial charge in [0, 0.05) is 42.0 Å². The van der Waals surface area contributed by atoms with Crippen LogP contribution in [0.25, 0.3) is 53.1 Å². The van der Waals surface area contributed by atoms with Crippen molar-refractivity contribution in [3.8, 4) is 0 Å². The summed E-state index contributed by atoms with van der Waals surface area (Å²) in [5.74, 6) is 0. The van der Waals surface area contributed by atoms with Gasteiger partial charge in [0.2, 0.25) is 0 Å². The molecule has 2 aromatic heterocycles. The van der Waals surface area contributed by atoms with Crippen LogP contribution in [-0.2, 0) is 0 Å². The first-order valence-corrected chi connectivity index (χ1v) is 12.0. The van der Waals surface area contributed by atoms with E-state index in [2.05, 4.69) is 102 Å². The SMILES string of the molecule is C1=C(c2ccc3[nH]c4ccccc4c3c2)CCC(c2ccc3sc4ccccc4c3c2)=C1. The minimum atomic E-state index is 1.07. The molecule has 0 unspecified atom stereocenters. The fourth-order valence-corrected chi connectivity index (χ4v) is 6.18. The lowest BCUT2D eigenvalue weighted by molar-refractivity contribution is 1.07. The van der Waals surface area contributed by atoms with Crippen LogP contribution >= 0.6 is 11.3 Å². The zero-order chi connectivity index (χ0) is 21.1. The summed E-state index contributed by atoms with van der Waals surface area (Å²) in [6.07, 6.45) is 6.80. The number of hydrogen-bond donors (Lipinski definition) is 1. The van der Waals surface area contributed by atoms with Gasteiger partial charge in [-0.2, -0.15) is 0 Å². The Morgan fingerprint density at radius 3 is 1.97 bits per heavy atom. The summed E-state index contributed by atoms with van der Waals surface area (Å²) in [4.78, 5) is 3.53. The van der Waals surface area contributed by atoms with Gasteiger partial charge in [-0.15, -0.1) is 11.3 Å². The van der Waals surface area contributed by atoms with E-state index in [9.17, 15) is 0 Å². The van der Waals surface area contributed by atoms with Crippen LogP contribution in [0.15, 0.2) is 97.1 Å². The number of thiophene rings is 1. The minimum absolute atomic E-state index is 1.07. The Morgan fingerprint density at radius 1 is 0.531 bits per heavy atom. The lowest BCUT2D eigenvalue weighted by Gasteiger charge is -2.16. The molecule has 0 saturated heterocycles. The highest BCUT2D eigenvalue weighted by atomic mass is 32.1. The highest BCUT2D eigenvalue weighted by Crippen LogP contribution is 2.38. The second kappa shape index (κ2) is 6.94. The van der Waals surface area contributed by atoms with Crippen molar-refractivity contribution in [1.29, 1.82) is 0 Å². The number of allylic oxidation sites excluding steroid dienone is 4. The van der Waals surface area contributed by atoms with Crippen LogP contribution in [0, 0.1) is 0 Å². The van der Waals surface area contributed by atoms with E-state index in [1.165, 1.54) is 64.3 Å². The molecule has 32 heavy (non-hydrogen) atoms. The van der Waals surface area contributed by atoms with E-state index in [-0.39, 0.29) is 0 Å². The lowest BCUT2D eigenvalue weighted by Crippen LogP contribution is -1.94. The van der Waals surface area contributed by atoms with E-state index < -0.39 is 0 Å². The summed E-state index contributed by atoms with van der Waals surface area (Å²) in [6.45, 7) is 0. The number of nitrogens with one attached hydrogen (secondary N) is 1. The molecule has 6 aromatic rings. The molecule has 1 aliphatic rings. The van der Waals surface area contributed by atoms with E-state index in [1.54, 1.807) is 0 Å². The molecule has 152 valence electrons. The smallest absolute Gasteiger partial charge is 0.0465 e. The van der Waals surface area contributed by atoms with Crippen molar-refractivity contribution in [2.45, 2.75) is 12.8 Å². The van der Waals surface area contributed by atoms with Crippen LogP contribution in [-0.4, -0.2) is 4.98 Å². The van der Waals surface area contributed by atoms with Crippen molar-refractivity contribution in [2.75, 3.05) is 0 Å². The van der Waals surface area contributed by atoms with Crippen molar-refractivity contribution in [3.05, 3.63) is 108 Å². The normalized spacial score (nSPS) is 14.4. The van der Waals surface area contributed by atoms with Gasteiger partial charge in [-0.25, -0.2) is 0 Å². The Kier molecular flexibility index (Phi) is 3.91. The zero-order valence-electron chi connectivity index (χ0n) is 17.6. The van der Waals surface area contributed by atoms with Crippen LogP contribution in [0.1, 0.15) is 24.0 Å². The van der Waals surface area contributed by atoms with Crippen molar-refractivity contribution in [2.24, 2.45) is 0 Å². The molecule has 1 aliphatic carbocycles. The third-order valence-electron chi connectivity index (χ3n) is 6.77. The number of hydrogen-bond acceptors (Lipinski definition) is 1. The first-order chi connectivity index (χ1) is 15.8. The fraction of sp³-hybridized carbons (Fsp3) is 0.0667. The molecule has 1 N–H and O–H groups in total. The summed E-state index contributed by atoms with van der Waals surface area (Å²) in [5, 5.41) is 5.36. The number of aromatic nitrogens is 1. The molecule has 2 heteroatoms. The third kappa shape index (κ3) is 2.77. The van der Waals surface area contributed by atoms with Crippen LogP contribution in [0.3, 0.4) is 0 Å². The Balaban J connectivity index is 1.28. The molecule has 0 fully saturated rings. The number of rotatable bonds is 2. The molecule has 1 nitrogen and oxygen atoms in total. The molecule has 0 spiro atoms. The van der Waals surface area contributed by atoms with Gasteiger partial charge in [0.05, 0.1) is 0 Å². The van der Waals surface area contributed by atoms with Gasteiger partial charge in [-0.05, 0) is 71.5 Å². The van der Waals surface area contributed by atoms with Gasteiger partial charge in [-0.3, -0.25) is 0 Å². The largest absolute Gasteiger partial charge is 0.355 e. The molecule has 4 aromatic carbocycles. The van der Waals surface area contributed by atoms with Gasteiger partial charge >= 0.3 is 0 Å². The molecule has 0 aliphatic heterocycles. The van der Waals surface area contributed by atoms with Crippen molar-refractivity contribution < 1.29 is 0 Å². The summed E-state index contributed by atoms with van der Waals surface area (Å²) >= 11 is 1.88. The molecule has 2 heterocycles. The van der Waals surface area contributed by atoms with Gasteiger partial charge in [0.25, 0.3) is 0 Å². The molecular formula is C30H21NS. The molecule has 0 saturated carbocycles. The number of H-pyrrole nitrogens is 1. The first-order valence-electron chi connectivity index (χ1n) is 11.2. The highest BCUT2D eigenvalue weighted by molar-refractivity contribution is 7.25. The maximum Gasteiger partial charge on any atom is 0.0465 e. The fourth-order valence-electron chi connectivity index (χ4n) is 5.09. The number of benzene rings is 4. The van der Waals surface area contributed by atoms with Crippen LogP contribution in [0.5, 0.6) is 0 Å². The summed E-state index contributed by atoms with van der Waals surface area (Å²) in [5.41, 5.74) is 7.94. The Bertz CT molecular complexity index is 1590. The maximum atomic E-state index is 3.53. The third-order valence-corrected chi connectivity index (χ3v) is 7.93. The van der Waals surface area contributed by atoms with Crippen LogP contribution < -0.4 is 0 Å². The van der Waals surface area contributed by atoms with Crippen LogP contribution in [0.2, 0.25) is 0 Å². The Labute approximate surface area is 190 Å². The van der Waals surface area contributed by atoms with E-state index in [0.717, 1.165) is 12.8 Å². The number of aromatic amines is 1. The Morgan fingerprint density at radius 2 is 1.16 bits per heavy atom. The molecule has 0 radical (unpaired) electrons. The van der Waals surface area contributed by atoms with Crippen molar-refractivity contribution in [1.82, 2.24) is 4.98 Å². The predicted octanol–water partition coefficient (Wildman–Crippen LogP) is 8.95. The van der Waals surface area contributed by atoms with E-state index >= 15 is 0 Å². The lowest BCUT2D eigenvalue weighted by atomic mass is 9.89.